The van der Waals surface area contributed by atoms with Gasteiger partial charge in [-0.1, -0.05) is 70.4 Å². The highest BCUT2D eigenvalue weighted by Gasteiger charge is 2.32. The second-order valence-electron chi connectivity index (χ2n) is 10.4. The number of anilines is 1. The third-order valence-corrected chi connectivity index (χ3v) is 6.15. The van der Waals surface area contributed by atoms with Crippen LogP contribution in [-0.4, -0.2) is 55.1 Å². The smallest absolute Gasteiger partial charge is 0.407 e. The summed E-state index contributed by atoms with van der Waals surface area (Å²) in [6.07, 6.45) is 4.49. The molecule has 0 aliphatic rings. The van der Waals surface area contributed by atoms with Gasteiger partial charge in [0.05, 0.1) is 30.8 Å². The van der Waals surface area contributed by atoms with Gasteiger partial charge >= 0.3 is 6.09 Å². The molecule has 2 amide bonds. The van der Waals surface area contributed by atoms with Crippen molar-refractivity contribution in [3.05, 3.63) is 54.6 Å². The molecule has 3 aromatic rings. The number of nitrogens with one attached hydrogen (secondary N) is 3. The van der Waals surface area contributed by atoms with Gasteiger partial charge in [0.2, 0.25) is 0 Å². The number of unbranched alkanes of at least 4 members (excludes halogenated alkanes) is 1. The van der Waals surface area contributed by atoms with Crippen molar-refractivity contribution in [3.8, 4) is 11.3 Å². The van der Waals surface area contributed by atoms with Gasteiger partial charge in [0.15, 0.2) is 6.10 Å². The summed E-state index contributed by atoms with van der Waals surface area (Å²) in [6, 6.07) is 8.89. The van der Waals surface area contributed by atoms with Gasteiger partial charge in [0.25, 0.3) is 5.91 Å². The van der Waals surface area contributed by atoms with Crippen LogP contribution in [0.5, 0.6) is 0 Å². The van der Waals surface area contributed by atoms with Gasteiger partial charge in [-0.15, -0.1) is 0 Å². The molecule has 10 nitrogen and oxygen atoms in total. The van der Waals surface area contributed by atoms with E-state index in [1.54, 1.807) is 12.4 Å². The zero-order valence-electron chi connectivity index (χ0n) is 22.2. The van der Waals surface area contributed by atoms with E-state index in [1.165, 1.54) is 11.8 Å². The standard InChI is InChI=1S/C27H38N6O4/c1-6-7-8-20(24(34)25(35)31-23-13-14-29-32-23)30-26(36)37-22(27(3,4)5)16-33-15-21(28-17-33)19-11-9-18(2)10-12-19/h9-15,17,20,22,24,34H,6-8,16H2,1-5H3,(H,30,36)(H2,29,31,32,35)/t20-,22+,24-/m0/s1. The van der Waals surface area contributed by atoms with E-state index >= 15 is 0 Å². The molecule has 2 heterocycles. The van der Waals surface area contributed by atoms with Crippen molar-refractivity contribution >= 4 is 17.8 Å². The number of alkyl carbamates (subject to hydrolysis) is 1. The molecule has 4 N–H and O–H groups in total. The van der Waals surface area contributed by atoms with Crippen LogP contribution in [0.3, 0.4) is 0 Å². The monoisotopic (exact) mass is 510 g/mol. The summed E-state index contributed by atoms with van der Waals surface area (Å²) in [5.41, 5.74) is 2.65. The maximum Gasteiger partial charge on any atom is 0.407 e. The number of aliphatic hydroxyl groups excluding tert-OH is 1. The number of rotatable bonds is 11. The maximum atomic E-state index is 12.9. The molecule has 0 fully saturated rings. The summed E-state index contributed by atoms with van der Waals surface area (Å²) in [5, 5.41) is 22.3. The lowest BCUT2D eigenvalue weighted by molar-refractivity contribution is -0.125. The lowest BCUT2D eigenvalue weighted by atomic mass is 9.89. The number of aromatic nitrogens is 4. The van der Waals surface area contributed by atoms with Crippen molar-refractivity contribution in [1.29, 1.82) is 0 Å². The molecule has 0 saturated carbocycles. The molecule has 1 aromatic carbocycles. The zero-order valence-corrected chi connectivity index (χ0v) is 22.2. The lowest BCUT2D eigenvalue weighted by Crippen LogP contribution is -2.50. The van der Waals surface area contributed by atoms with Crippen molar-refractivity contribution < 1.29 is 19.4 Å². The minimum absolute atomic E-state index is 0.360. The van der Waals surface area contributed by atoms with Crippen LogP contribution in [0, 0.1) is 12.3 Å². The number of H-pyrrole nitrogens is 1. The number of amides is 2. The van der Waals surface area contributed by atoms with Crippen LogP contribution in [-0.2, 0) is 16.1 Å². The number of imidazole rings is 1. The van der Waals surface area contributed by atoms with E-state index in [4.69, 9.17) is 4.74 Å². The number of aliphatic hydroxyl groups is 1. The highest BCUT2D eigenvalue weighted by molar-refractivity contribution is 5.94. The molecule has 0 aliphatic carbocycles. The van der Waals surface area contributed by atoms with Crippen molar-refractivity contribution in [3.63, 3.8) is 0 Å². The number of aryl methyl sites for hydroxylation is 1. The van der Waals surface area contributed by atoms with Gasteiger partial charge in [-0.2, -0.15) is 5.10 Å². The number of hydrogen-bond donors (Lipinski definition) is 4. The Morgan fingerprint density at radius 2 is 1.92 bits per heavy atom. The van der Waals surface area contributed by atoms with E-state index in [-0.39, 0.29) is 5.41 Å². The highest BCUT2D eigenvalue weighted by atomic mass is 16.6. The predicted octanol–water partition coefficient (Wildman–Crippen LogP) is 4.28. The first-order valence-corrected chi connectivity index (χ1v) is 12.6. The number of nitrogens with zero attached hydrogens (tertiary/aromatic N) is 3. The Hall–Kier alpha value is -3.66. The van der Waals surface area contributed by atoms with Crippen molar-refractivity contribution in [1.82, 2.24) is 25.1 Å². The minimum atomic E-state index is -1.46. The summed E-state index contributed by atoms with van der Waals surface area (Å²) < 4.78 is 7.74. The summed E-state index contributed by atoms with van der Waals surface area (Å²) in [7, 11) is 0. The van der Waals surface area contributed by atoms with Crippen LogP contribution in [0.4, 0.5) is 10.6 Å². The fraction of sp³-hybridized carbons (Fsp3) is 0.481. The third kappa shape index (κ3) is 8.18. The first-order valence-electron chi connectivity index (χ1n) is 12.6. The lowest BCUT2D eigenvalue weighted by Gasteiger charge is -2.31. The Morgan fingerprint density at radius 3 is 2.54 bits per heavy atom. The van der Waals surface area contributed by atoms with E-state index in [0.29, 0.717) is 18.8 Å². The topological polar surface area (TPSA) is 134 Å². The molecular weight excluding hydrogens is 472 g/mol. The van der Waals surface area contributed by atoms with Gasteiger partial charge in [0, 0.05) is 23.2 Å². The first kappa shape index (κ1) is 27.9. The van der Waals surface area contributed by atoms with Crippen LogP contribution in [0.2, 0.25) is 0 Å². The van der Waals surface area contributed by atoms with Crippen molar-refractivity contribution in [2.45, 2.75) is 78.7 Å². The van der Waals surface area contributed by atoms with Gasteiger partial charge in [-0.25, -0.2) is 9.78 Å². The molecule has 37 heavy (non-hydrogen) atoms. The van der Waals surface area contributed by atoms with Crippen LogP contribution >= 0.6 is 0 Å². The molecule has 3 rings (SSSR count). The highest BCUT2D eigenvalue weighted by Crippen LogP contribution is 2.25. The fourth-order valence-electron chi connectivity index (χ4n) is 3.78. The van der Waals surface area contributed by atoms with Gasteiger partial charge in [0.1, 0.15) is 11.9 Å². The molecule has 0 saturated heterocycles. The van der Waals surface area contributed by atoms with Crippen LogP contribution < -0.4 is 10.6 Å². The second-order valence-corrected chi connectivity index (χ2v) is 10.4. The van der Waals surface area contributed by atoms with E-state index in [0.717, 1.165) is 24.1 Å². The molecule has 3 atom stereocenters. The van der Waals surface area contributed by atoms with Crippen LogP contribution in [0.1, 0.15) is 52.5 Å². The molecule has 0 radical (unpaired) electrons. The quantitative estimate of drug-likeness (QED) is 0.304. The number of carbonyl (C=O) groups excluding carboxylic acids is 2. The Bertz CT molecular complexity index is 1130. The van der Waals surface area contributed by atoms with E-state index < -0.39 is 30.3 Å². The Balaban J connectivity index is 1.66. The normalized spacial score (nSPS) is 14.0. The van der Waals surface area contributed by atoms with Gasteiger partial charge in [-0.3, -0.25) is 9.89 Å². The Kier molecular flexibility index (Phi) is 9.46. The Morgan fingerprint density at radius 1 is 1.19 bits per heavy atom. The molecule has 0 spiro atoms. The summed E-state index contributed by atoms with van der Waals surface area (Å²) in [4.78, 5) is 30.0. The predicted molar refractivity (Wildman–Crippen MR) is 142 cm³/mol. The molecular formula is C27H38N6O4. The van der Waals surface area contributed by atoms with Crippen molar-refractivity contribution in [2.75, 3.05) is 5.32 Å². The Labute approximate surface area is 217 Å². The fourth-order valence-corrected chi connectivity index (χ4v) is 3.78. The molecule has 0 aliphatic heterocycles. The summed E-state index contributed by atoms with van der Waals surface area (Å²) in [6.45, 7) is 10.4. The largest absolute Gasteiger partial charge is 0.444 e. The number of hydrogen-bond acceptors (Lipinski definition) is 6. The molecule has 0 unspecified atom stereocenters. The number of carbonyl (C=O) groups is 2. The van der Waals surface area contributed by atoms with E-state index in [2.05, 4.69) is 25.8 Å². The number of aromatic amines is 1. The van der Waals surface area contributed by atoms with E-state index in [1.807, 2.05) is 69.6 Å². The van der Waals surface area contributed by atoms with Crippen LogP contribution in [0.15, 0.2) is 49.1 Å². The first-order chi connectivity index (χ1) is 17.6. The minimum Gasteiger partial charge on any atom is -0.444 e. The third-order valence-electron chi connectivity index (χ3n) is 6.15. The van der Waals surface area contributed by atoms with Crippen molar-refractivity contribution in [2.24, 2.45) is 5.41 Å². The molecule has 200 valence electrons. The van der Waals surface area contributed by atoms with Crippen LogP contribution in [0.25, 0.3) is 11.3 Å². The van der Waals surface area contributed by atoms with Gasteiger partial charge < -0.3 is 25.0 Å². The second kappa shape index (κ2) is 12.5. The van der Waals surface area contributed by atoms with Gasteiger partial charge in [-0.05, 0) is 13.3 Å². The molecule has 0 bridgehead atoms. The molecule has 10 heteroatoms. The molecule has 2 aromatic heterocycles. The number of ether oxygens (including phenoxy) is 1. The van der Waals surface area contributed by atoms with E-state index in [9.17, 15) is 14.7 Å². The maximum absolute atomic E-state index is 12.9. The zero-order chi connectivity index (χ0) is 27.0. The number of benzene rings is 1. The SMILES string of the molecule is CCCC[C@H](NC(=O)O[C@H](Cn1cnc(-c2ccc(C)cc2)c1)C(C)(C)C)[C@H](O)C(=O)Nc1ccn[nH]1. The average molecular weight is 511 g/mol. The summed E-state index contributed by atoms with van der Waals surface area (Å²) >= 11 is 0. The average Bonchev–Trinajstić information content (AvgIpc) is 3.53. The summed E-state index contributed by atoms with van der Waals surface area (Å²) in [5.74, 6) is -0.279.